The summed E-state index contributed by atoms with van der Waals surface area (Å²) in [5.41, 5.74) is 1.68. The highest BCUT2D eigenvalue weighted by Gasteiger charge is 2.33. The second kappa shape index (κ2) is 7.47. The molecule has 0 saturated heterocycles. The van der Waals surface area contributed by atoms with Crippen LogP contribution in [-0.2, 0) is 4.79 Å². The Morgan fingerprint density at radius 3 is 2.62 bits per heavy atom. The fourth-order valence-corrected chi connectivity index (χ4v) is 3.09. The Balaban J connectivity index is 1.80. The molecule has 0 fully saturated rings. The minimum Gasteiger partial charge on any atom is -0.506 e. The van der Waals surface area contributed by atoms with Gasteiger partial charge in [-0.25, -0.2) is 0 Å². The van der Waals surface area contributed by atoms with Crippen molar-refractivity contribution in [2.45, 2.75) is 26.4 Å². The van der Waals surface area contributed by atoms with E-state index in [0.29, 0.717) is 17.2 Å². The zero-order valence-electron chi connectivity index (χ0n) is 14.9. The summed E-state index contributed by atoms with van der Waals surface area (Å²) in [6, 6.07) is 13.8. The van der Waals surface area contributed by atoms with Crippen molar-refractivity contribution in [1.29, 1.82) is 0 Å². The number of rotatable bonds is 5. The molecule has 0 spiro atoms. The minimum atomic E-state index is -0.352. The molecule has 0 aromatic heterocycles. The predicted octanol–water partition coefficient (Wildman–Crippen LogP) is 3.27. The highest BCUT2D eigenvalue weighted by molar-refractivity contribution is 6.04. The van der Waals surface area contributed by atoms with Crippen LogP contribution in [0.2, 0.25) is 0 Å². The molecule has 2 aromatic carbocycles. The summed E-state index contributed by atoms with van der Waals surface area (Å²) in [6.07, 6.45) is 0.469. The molecule has 2 amide bonds. The monoisotopic (exact) mass is 353 g/mol. The van der Waals surface area contributed by atoms with Crippen LogP contribution in [0.1, 0.15) is 30.6 Å². The van der Waals surface area contributed by atoms with Gasteiger partial charge in [0.15, 0.2) is 0 Å². The number of phenolic OH excluding ortho intramolecular Hbond substituents is 1. The fraction of sp³-hybridized carbons (Fsp3) is 0.300. The first-order chi connectivity index (χ1) is 12.5. The molecule has 6 heteroatoms. The lowest BCUT2D eigenvalue weighted by Crippen LogP contribution is -2.52. The number of anilines is 2. The number of aromatic hydroxyl groups is 1. The number of para-hydroxylation sites is 3. The Kier molecular flexibility index (Phi) is 5.11. The van der Waals surface area contributed by atoms with Gasteiger partial charge in [0.1, 0.15) is 18.5 Å². The van der Waals surface area contributed by atoms with Crippen molar-refractivity contribution in [3.63, 3.8) is 0 Å². The van der Waals surface area contributed by atoms with Crippen molar-refractivity contribution < 1.29 is 14.7 Å². The third-order valence-electron chi connectivity index (χ3n) is 4.30. The fourth-order valence-electron chi connectivity index (χ4n) is 3.09. The molecule has 0 radical (unpaired) electrons. The molecule has 0 bridgehead atoms. The van der Waals surface area contributed by atoms with Gasteiger partial charge in [-0.1, -0.05) is 38.1 Å². The van der Waals surface area contributed by atoms with E-state index in [1.165, 1.54) is 6.07 Å². The maximum Gasteiger partial charge on any atom is 0.258 e. The Labute approximate surface area is 152 Å². The van der Waals surface area contributed by atoms with Gasteiger partial charge in [-0.05, 0) is 36.6 Å². The molecule has 0 saturated carbocycles. The summed E-state index contributed by atoms with van der Waals surface area (Å²) in [5.74, 6) is -0.172. The van der Waals surface area contributed by atoms with Gasteiger partial charge in [-0.2, -0.15) is 0 Å². The number of carbonyl (C=O) groups excluding carboxylic acids is 2. The van der Waals surface area contributed by atoms with Crippen LogP contribution >= 0.6 is 0 Å². The molecule has 3 N–H and O–H groups in total. The number of carbonyl (C=O) groups is 2. The first-order valence-electron chi connectivity index (χ1n) is 8.70. The van der Waals surface area contributed by atoms with E-state index in [-0.39, 0.29) is 30.3 Å². The lowest BCUT2D eigenvalue weighted by molar-refractivity contribution is -0.117. The molecular weight excluding hydrogens is 330 g/mol. The van der Waals surface area contributed by atoms with Crippen molar-refractivity contribution in [3.05, 3.63) is 54.1 Å². The molecule has 1 aliphatic heterocycles. The Morgan fingerprint density at radius 2 is 1.88 bits per heavy atom. The lowest BCUT2D eigenvalue weighted by Gasteiger charge is -2.38. The smallest absolute Gasteiger partial charge is 0.258 e. The molecule has 1 unspecified atom stereocenters. The lowest BCUT2D eigenvalue weighted by atomic mass is 10.0. The van der Waals surface area contributed by atoms with Crippen LogP contribution in [-0.4, -0.2) is 34.5 Å². The molecule has 136 valence electrons. The Bertz CT molecular complexity index is 819. The van der Waals surface area contributed by atoms with E-state index >= 15 is 0 Å². The normalized spacial score (nSPS) is 16.2. The molecule has 0 aliphatic carbocycles. The van der Waals surface area contributed by atoms with Gasteiger partial charge >= 0.3 is 0 Å². The predicted molar refractivity (Wildman–Crippen MR) is 101 cm³/mol. The first kappa shape index (κ1) is 17.8. The summed E-state index contributed by atoms with van der Waals surface area (Å²) in [6.45, 7) is 4.06. The zero-order valence-corrected chi connectivity index (χ0v) is 14.9. The largest absolute Gasteiger partial charge is 0.506 e. The molecule has 6 nitrogen and oxygen atoms in total. The maximum atomic E-state index is 12.9. The zero-order chi connectivity index (χ0) is 18.7. The summed E-state index contributed by atoms with van der Waals surface area (Å²) in [5, 5.41) is 15.8. The summed E-state index contributed by atoms with van der Waals surface area (Å²) in [4.78, 5) is 27.0. The van der Waals surface area contributed by atoms with Gasteiger partial charge < -0.3 is 20.6 Å². The Hall–Kier alpha value is -3.02. The van der Waals surface area contributed by atoms with E-state index in [2.05, 4.69) is 24.5 Å². The minimum absolute atomic E-state index is 0.00646. The topological polar surface area (TPSA) is 81.7 Å². The van der Waals surface area contributed by atoms with Gasteiger partial charge in [-0.3, -0.25) is 9.59 Å². The average molecular weight is 353 g/mol. The van der Waals surface area contributed by atoms with Crippen molar-refractivity contribution in [2.75, 3.05) is 17.2 Å². The van der Waals surface area contributed by atoms with Crippen molar-refractivity contribution >= 4 is 23.2 Å². The summed E-state index contributed by atoms with van der Waals surface area (Å²) < 4.78 is 0. The van der Waals surface area contributed by atoms with Crippen LogP contribution < -0.4 is 10.6 Å². The summed E-state index contributed by atoms with van der Waals surface area (Å²) in [7, 11) is 0. The molecule has 26 heavy (non-hydrogen) atoms. The number of phenols is 1. The third kappa shape index (κ3) is 3.79. The standard InChI is InChI=1S/C20H23N3O3/c1-13(2)11-18-21-15-8-4-3-7-14(15)20(26)23(18)12-19(25)22-16-9-5-6-10-17(16)24/h3-10,13,18,21,24H,11-12H2,1-2H3,(H,22,25). The van der Waals surface area contributed by atoms with Crippen molar-refractivity contribution in [3.8, 4) is 5.75 Å². The molecular formula is C20H23N3O3. The molecule has 3 rings (SSSR count). The van der Waals surface area contributed by atoms with E-state index < -0.39 is 0 Å². The number of benzene rings is 2. The van der Waals surface area contributed by atoms with Crippen LogP contribution in [0.25, 0.3) is 0 Å². The van der Waals surface area contributed by atoms with Gasteiger partial charge in [0.2, 0.25) is 5.91 Å². The molecule has 1 aliphatic rings. The van der Waals surface area contributed by atoms with E-state index in [0.717, 1.165) is 12.1 Å². The SMILES string of the molecule is CC(C)CC1Nc2ccccc2C(=O)N1CC(=O)Nc1ccccc1O. The number of nitrogens with one attached hydrogen (secondary N) is 2. The molecule has 2 aromatic rings. The van der Waals surface area contributed by atoms with Crippen LogP contribution in [0.3, 0.4) is 0 Å². The van der Waals surface area contributed by atoms with Crippen molar-refractivity contribution in [2.24, 2.45) is 5.92 Å². The van der Waals surface area contributed by atoms with Gasteiger partial charge in [0, 0.05) is 5.69 Å². The highest BCUT2D eigenvalue weighted by atomic mass is 16.3. The second-order valence-electron chi connectivity index (χ2n) is 6.83. The molecule has 1 heterocycles. The first-order valence-corrected chi connectivity index (χ1v) is 8.70. The van der Waals surface area contributed by atoms with Crippen LogP contribution in [0.15, 0.2) is 48.5 Å². The number of hydrogen-bond donors (Lipinski definition) is 3. The average Bonchev–Trinajstić information content (AvgIpc) is 2.60. The number of fused-ring (bicyclic) bond motifs is 1. The van der Waals surface area contributed by atoms with E-state index in [1.807, 2.05) is 12.1 Å². The van der Waals surface area contributed by atoms with Gasteiger partial charge in [0.25, 0.3) is 5.91 Å². The molecule has 1 atom stereocenters. The number of amides is 2. The van der Waals surface area contributed by atoms with E-state index in [4.69, 9.17) is 0 Å². The Morgan fingerprint density at radius 1 is 1.19 bits per heavy atom. The van der Waals surface area contributed by atoms with Gasteiger partial charge in [-0.15, -0.1) is 0 Å². The highest BCUT2D eigenvalue weighted by Crippen LogP contribution is 2.28. The van der Waals surface area contributed by atoms with Gasteiger partial charge in [0.05, 0.1) is 11.3 Å². The van der Waals surface area contributed by atoms with Crippen LogP contribution in [0.4, 0.5) is 11.4 Å². The van der Waals surface area contributed by atoms with Crippen molar-refractivity contribution in [1.82, 2.24) is 4.90 Å². The van der Waals surface area contributed by atoms with E-state index in [1.54, 1.807) is 35.2 Å². The van der Waals surface area contributed by atoms with Crippen LogP contribution in [0, 0.1) is 5.92 Å². The third-order valence-corrected chi connectivity index (χ3v) is 4.30. The van der Waals surface area contributed by atoms with E-state index in [9.17, 15) is 14.7 Å². The quantitative estimate of drug-likeness (QED) is 0.721. The number of nitrogens with zero attached hydrogens (tertiary/aromatic N) is 1. The number of hydrogen-bond acceptors (Lipinski definition) is 4. The second-order valence-corrected chi connectivity index (χ2v) is 6.83. The van der Waals surface area contributed by atoms with Crippen LogP contribution in [0.5, 0.6) is 5.75 Å². The maximum absolute atomic E-state index is 12.9. The summed E-state index contributed by atoms with van der Waals surface area (Å²) >= 11 is 0.